The van der Waals surface area contributed by atoms with Gasteiger partial charge in [-0.2, -0.15) is 19.7 Å². The topological polar surface area (TPSA) is 109 Å². The average molecular weight is 353 g/mol. The van der Waals surface area contributed by atoms with Crippen LogP contribution in [-0.2, 0) is 6.54 Å². The SMILES string of the molecule is O=c1c2cnc3[nH]ncc3c2n2ncnc2n1CCCN1CCNCC1. The fourth-order valence-electron chi connectivity index (χ4n) is 3.67. The van der Waals surface area contributed by atoms with Gasteiger partial charge in [0, 0.05) is 38.9 Å². The fourth-order valence-corrected chi connectivity index (χ4v) is 3.67. The lowest BCUT2D eigenvalue weighted by Gasteiger charge is -2.27. The lowest BCUT2D eigenvalue weighted by atomic mass is 10.2. The Morgan fingerprint density at radius 1 is 1.08 bits per heavy atom. The van der Waals surface area contributed by atoms with Gasteiger partial charge < -0.3 is 10.2 Å². The molecule has 1 fully saturated rings. The maximum atomic E-state index is 13.1. The third-order valence-corrected chi connectivity index (χ3v) is 4.98. The Bertz CT molecular complexity index is 1140. The first-order valence-electron chi connectivity index (χ1n) is 8.80. The normalized spacial score (nSPS) is 16.2. The molecule has 1 aliphatic rings. The zero-order chi connectivity index (χ0) is 17.5. The highest BCUT2D eigenvalue weighted by Gasteiger charge is 2.17. The molecule has 5 rings (SSSR count). The summed E-state index contributed by atoms with van der Waals surface area (Å²) < 4.78 is 3.41. The molecule has 0 aliphatic carbocycles. The minimum atomic E-state index is -0.0867. The molecule has 10 nitrogen and oxygen atoms in total. The number of fused-ring (bicyclic) bond motifs is 5. The van der Waals surface area contributed by atoms with Crippen molar-refractivity contribution in [1.82, 2.24) is 44.6 Å². The van der Waals surface area contributed by atoms with E-state index in [1.165, 1.54) is 6.33 Å². The molecular formula is C16H19N9O. The molecule has 10 heteroatoms. The van der Waals surface area contributed by atoms with Gasteiger partial charge in [-0.25, -0.2) is 4.98 Å². The summed E-state index contributed by atoms with van der Waals surface area (Å²) in [4.78, 5) is 24.1. The summed E-state index contributed by atoms with van der Waals surface area (Å²) in [6.45, 7) is 5.72. The van der Waals surface area contributed by atoms with Crippen LogP contribution in [0.4, 0.5) is 0 Å². The van der Waals surface area contributed by atoms with E-state index in [0.717, 1.165) is 44.5 Å². The van der Waals surface area contributed by atoms with Gasteiger partial charge in [-0.15, -0.1) is 0 Å². The number of pyridine rings is 1. The van der Waals surface area contributed by atoms with E-state index in [1.807, 2.05) is 0 Å². The Balaban J connectivity index is 1.56. The van der Waals surface area contributed by atoms with Crippen LogP contribution < -0.4 is 10.9 Å². The molecule has 1 saturated heterocycles. The number of H-pyrrole nitrogens is 1. The number of aryl methyl sites for hydroxylation is 1. The van der Waals surface area contributed by atoms with E-state index >= 15 is 0 Å². The molecule has 0 spiro atoms. The summed E-state index contributed by atoms with van der Waals surface area (Å²) >= 11 is 0. The first kappa shape index (κ1) is 15.4. The summed E-state index contributed by atoms with van der Waals surface area (Å²) in [6.07, 6.45) is 5.62. The van der Waals surface area contributed by atoms with Crippen LogP contribution >= 0.6 is 0 Å². The van der Waals surface area contributed by atoms with Crippen molar-refractivity contribution in [3.05, 3.63) is 29.1 Å². The van der Waals surface area contributed by atoms with Gasteiger partial charge in [-0.1, -0.05) is 0 Å². The van der Waals surface area contributed by atoms with Crippen molar-refractivity contribution in [2.45, 2.75) is 13.0 Å². The summed E-state index contributed by atoms with van der Waals surface area (Å²) in [5.74, 6) is 0.552. The predicted molar refractivity (Wildman–Crippen MR) is 96.1 cm³/mol. The Kier molecular flexibility index (Phi) is 3.64. The van der Waals surface area contributed by atoms with Crippen molar-refractivity contribution in [3.63, 3.8) is 0 Å². The summed E-state index contributed by atoms with van der Waals surface area (Å²) in [5, 5.41) is 15.8. The molecule has 4 aromatic heterocycles. The van der Waals surface area contributed by atoms with Crippen LogP contribution in [0.25, 0.3) is 27.7 Å². The molecule has 0 unspecified atom stereocenters. The van der Waals surface area contributed by atoms with Gasteiger partial charge in [0.05, 0.1) is 22.5 Å². The molecule has 134 valence electrons. The fraction of sp³-hybridized carbons (Fsp3) is 0.438. The van der Waals surface area contributed by atoms with Crippen molar-refractivity contribution < 1.29 is 0 Å². The summed E-state index contributed by atoms with van der Waals surface area (Å²) in [5.41, 5.74) is 1.24. The first-order chi connectivity index (χ1) is 12.8. The first-order valence-corrected chi connectivity index (χ1v) is 8.80. The highest BCUT2D eigenvalue weighted by atomic mass is 16.1. The monoisotopic (exact) mass is 353 g/mol. The Morgan fingerprint density at radius 3 is 2.85 bits per heavy atom. The minimum absolute atomic E-state index is 0.0867. The van der Waals surface area contributed by atoms with Gasteiger partial charge >= 0.3 is 0 Å². The van der Waals surface area contributed by atoms with Gasteiger partial charge in [0.15, 0.2) is 5.65 Å². The predicted octanol–water partition coefficient (Wildman–Crippen LogP) is -0.389. The van der Waals surface area contributed by atoms with Crippen LogP contribution in [-0.4, -0.2) is 72.0 Å². The van der Waals surface area contributed by atoms with Crippen molar-refractivity contribution in [3.8, 4) is 0 Å². The molecule has 2 N–H and O–H groups in total. The van der Waals surface area contributed by atoms with Crippen LogP contribution in [0.5, 0.6) is 0 Å². The van der Waals surface area contributed by atoms with Crippen molar-refractivity contribution in [2.24, 2.45) is 0 Å². The van der Waals surface area contributed by atoms with Crippen molar-refractivity contribution >= 4 is 27.7 Å². The van der Waals surface area contributed by atoms with Crippen LogP contribution in [0.1, 0.15) is 6.42 Å². The van der Waals surface area contributed by atoms with Crippen LogP contribution in [0.3, 0.4) is 0 Å². The zero-order valence-corrected chi connectivity index (χ0v) is 14.2. The number of nitrogens with zero attached hydrogens (tertiary/aromatic N) is 7. The van der Waals surface area contributed by atoms with Gasteiger partial charge in [0.1, 0.15) is 6.33 Å². The summed E-state index contributed by atoms with van der Waals surface area (Å²) in [6, 6.07) is 0. The number of aromatic amines is 1. The van der Waals surface area contributed by atoms with Crippen molar-refractivity contribution in [2.75, 3.05) is 32.7 Å². The van der Waals surface area contributed by atoms with E-state index in [9.17, 15) is 4.79 Å². The van der Waals surface area contributed by atoms with Gasteiger partial charge in [-0.3, -0.25) is 14.5 Å². The molecule has 1 aliphatic heterocycles. The van der Waals surface area contributed by atoms with E-state index in [4.69, 9.17) is 0 Å². The van der Waals surface area contributed by atoms with Gasteiger partial charge in [0.25, 0.3) is 5.56 Å². The molecule has 0 amide bonds. The van der Waals surface area contributed by atoms with Gasteiger partial charge in [0.2, 0.25) is 5.78 Å². The van der Waals surface area contributed by atoms with E-state index in [-0.39, 0.29) is 5.56 Å². The zero-order valence-electron chi connectivity index (χ0n) is 14.2. The van der Waals surface area contributed by atoms with E-state index in [0.29, 0.717) is 28.9 Å². The molecule has 0 saturated carbocycles. The average Bonchev–Trinajstić information content (AvgIpc) is 3.34. The second kappa shape index (κ2) is 6.15. The van der Waals surface area contributed by atoms with E-state index in [2.05, 4.69) is 35.5 Å². The highest BCUT2D eigenvalue weighted by molar-refractivity contribution is 6.01. The lowest BCUT2D eigenvalue weighted by molar-refractivity contribution is 0.234. The quantitative estimate of drug-likeness (QED) is 0.514. The smallest absolute Gasteiger partial charge is 0.264 e. The van der Waals surface area contributed by atoms with E-state index in [1.54, 1.807) is 21.5 Å². The largest absolute Gasteiger partial charge is 0.314 e. The third kappa shape index (κ3) is 2.37. The molecule has 0 aromatic carbocycles. The number of hydrogen-bond donors (Lipinski definition) is 2. The maximum Gasteiger partial charge on any atom is 0.264 e. The molecule has 5 heterocycles. The molecular weight excluding hydrogens is 334 g/mol. The summed E-state index contributed by atoms with van der Waals surface area (Å²) in [7, 11) is 0. The van der Waals surface area contributed by atoms with Crippen LogP contribution in [0, 0.1) is 0 Å². The maximum absolute atomic E-state index is 13.1. The standard InChI is InChI=1S/C16H19N9O/c26-15-12-8-18-14-11(9-20-22-14)13(12)25-16(19-10-21-25)24(15)5-1-4-23-6-2-17-3-7-23/h8-10,17H,1-7H2,(H,18,20,22). The minimum Gasteiger partial charge on any atom is -0.314 e. The highest BCUT2D eigenvalue weighted by Crippen LogP contribution is 2.20. The number of hydrogen-bond acceptors (Lipinski definition) is 7. The van der Waals surface area contributed by atoms with Gasteiger partial charge in [-0.05, 0) is 13.0 Å². The number of nitrogens with one attached hydrogen (secondary N) is 2. The molecule has 0 radical (unpaired) electrons. The Hall–Kier alpha value is -2.85. The number of rotatable bonds is 4. The number of aromatic nitrogens is 7. The van der Waals surface area contributed by atoms with E-state index < -0.39 is 0 Å². The Labute approximate surface area is 147 Å². The second-order valence-electron chi connectivity index (χ2n) is 6.53. The second-order valence-corrected chi connectivity index (χ2v) is 6.53. The molecule has 0 bridgehead atoms. The third-order valence-electron chi connectivity index (χ3n) is 4.98. The molecule has 0 atom stereocenters. The number of piperazine rings is 1. The van der Waals surface area contributed by atoms with Crippen molar-refractivity contribution in [1.29, 1.82) is 0 Å². The lowest BCUT2D eigenvalue weighted by Crippen LogP contribution is -2.44. The molecule has 26 heavy (non-hydrogen) atoms. The van der Waals surface area contributed by atoms with Crippen LogP contribution in [0.15, 0.2) is 23.5 Å². The molecule has 4 aromatic rings. The Morgan fingerprint density at radius 2 is 1.96 bits per heavy atom. The van der Waals surface area contributed by atoms with Crippen LogP contribution in [0.2, 0.25) is 0 Å².